The molecule has 1 heteroatoms. The minimum Gasteiger partial charge on any atom is -0.0952 e. The Labute approximate surface area is 95.3 Å². The van der Waals surface area contributed by atoms with Gasteiger partial charge in [0.25, 0.3) is 0 Å². The van der Waals surface area contributed by atoms with Gasteiger partial charge in [-0.15, -0.1) is 0 Å². The fourth-order valence-corrected chi connectivity index (χ4v) is 3.19. The first-order valence-electron chi connectivity index (χ1n) is 5.40. The summed E-state index contributed by atoms with van der Waals surface area (Å²) in [4.78, 5) is 0. The van der Waals surface area contributed by atoms with Crippen LogP contribution in [0.3, 0.4) is 0 Å². The molecule has 0 saturated carbocycles. The van der Waals surface area contributed by atoms with Gasteiger partial charge in [0.15, 0.2) is 0 Å². The van der Waals surface area contributed by atoms with Gasteiger partial charge in [-0.3, -0.25) is 0 Å². The molecule has 0 saturated heterocycles. The van der Waals surface area contributed by atoms with E-state index in [1.54, 1.807) is 0 Å². The van der Waals surface area contributed by atoms with Gasteiger partial charge < -0.3 is 0 Å². The van der Waals surface area contributed by atoms with Gasteiger partial charge in [0.05, 0.1) is 0 Å². The van der Waals surface area contributed by atoms with Crippen molar-refractivity contribution in [1.82, 2.24) is 0 Å². The molecule has 76 valence electrons. The molecule has 0 fully saturated rings. The van der Waals surface area contributed by atoms with Crippen molar-refractivity contribution in [1.29, 1.82) is 0 Å². The van der Waals surface area contributed by atoms with E-state index in [2.05, 4.69) is 30.9 Å². The van der Waals surface area contributed by atoms with Gasteiger partial charge in [-0.1, -0.05) is 42.5 Å². The quantitative estimate of drug-likeness (QED) is 0.612. The van der Waals surface area contributed by atoms with Crippen molar-refractivity contribution in [3.8, 4) is 0 Å². The average molecular weight is 217 g/mol. The van der Waals surface area contributed by atoms with Gasteiger partial charge in [-0.25, -0.2) is 0 Å². The van der Waals surface area contributed by atoms with Crippen molar-refractivity contribution in [2.75, 3.05) is 0 Å². The summed E-state index contributed by atoms with van der Waals surface area (Å²) < 4.78 is 0. The van der Waals surface area contributed by atoms with E-state index in [-0.39, 0.29) is 0 Å². The van der Waals surface area contributed by atoms with E-state index >= 15 is 0 Å². The van der Waals surface area contributed by atoms with Gasteiger partial charge in [0.2, 0.25) is 0 Å². The molecule has 1 aromatic carbocycles. The monoisotopic (exact) mass is 216 g/mol. The number of hydrogen-bond acceptors (Lipinski definition) is 0. The first-order valence-corrected chi connectivity index (χ1v) is 5.78. The Morgan fingerprint density at radius 1 is 1.33 bits per heavy atom. The Hall–Kier alpha value is -1.01. The smallest absolute Gasteiger partial charge is 0.0441 e. The highest BCUT2D eigenvalue weighted by molar-refractivity contribution is 6.31. The first-order chi connectivity index (χ1) is 7.27. The summed E-state index contributed by atoms with van der Waals surface area (Å²) in [7, 11) is 0. The van der Waals surface area contributed by atoms with Crippen molar-refractivity contribution in [3.63, 3.8) is 0 Å². The fourth-order valence-electron chi connectivity index (χ4n) is 2.94. The summed E-state index contributed by atoms with van der Waals surface area (Å²) >= 11 is 6.23. The number of allylic oxidation sites excluding steroid dienone is 3. The lowest BCUT2D eigenvalue weighted by Gasteiger charge is -2.23. The maximum absolute atomic E-state index is 6.23. The molecule has 2 aliphatic carbocycles. The minimum absolute atomic E-state index is 0.517. The molecule has 1 aromatic rings. The van der Waals surface area contributed by atoms with Crippen LogP contribution in [-0.4, -0.2) is 0 Å². The second-order valence-corrected chi connectivity index (χ2v) is 4.87. The van der Waals surface area contributed by atoms with Crippen LogP contribution in [0.5, 0.6) is 0 Å². The summed E-state index contributed by atoms with van der Waals surface area (Å²) in [5, 5.41) is 0.926. The number of rotatable bonds is 0. The standard InChI is InChI=1S/C14H13Cl/c1-9-4-2-5-10-8-12-11(14(9)10)6-3-7-13(12)15/h2-4,6-7,10,14H,1,5,8H2. The summed E-state index contributed by atoms with van der Waals surface area (Å²) in [6.45, 7) is 4.16. The predicted molar refractivity (Wildman–Crippen MR) is 64.3 cm³/mol. The van der Waals surface area contributed by atoms with Crippen molar-refractivity contribution in [2.45, 2.75) is 18.8 Å². The molecule has 3 rings (SSSR count). The van der Waals surface area contributed by atoms with Crippen LogP contribution in [-0.2, 0) is 6.42 Å². The molecule has 0 aromatic heterocycles. The van der Waals surface area contributed by atoms with Crippen LogP contribution in [0, 0.1) is 5.92 Å². The third-order valence-corrected chi connectivity index (χ3v) is 3.95. The maximum atomic E-state index is 6.23. The molecule has 0 spiro atoms. The molecule has 2 atom stereocenters. The van der Waals surface area contributed by atoms with E-state index in [4.69, 9.17) is 11.6 Å². The molecule has 0 aliphatic heterocycles. The molecule has 0 bridgehead atoms. The van der Waals surface area contributed by atoms with Crippen LogP contribution < -0.4 is 0 Å². The van der Waals surface area contributed by atoms with Crippen LogP contribution in [0.15, 0.2) is 42.5 Å². The second kappa shape index (κ2) is 3.24. The molecule has 0 heterocycles. The van der Waals surface area contributed by atoms with E-state index in [1.807, 2.05) is 6.07 Å². The Morgan fingerprint density at radius 3 is 3.07 bits per heavy atom. The predicted octanol–water partition coefficient (Wildman–Crippen LogP) is 4.11. The van der Waals surface area contributed by atoms with Crippen LogP contribution in [0.2, 0.25) is 5.02 Å². The number of hydrogen-bond donors (Lipinski definition) is 0. The number of fused-ring (bicyclic) bond motifs is 3. The second-order valence-electron chi connectivity index (χ2n) is 4.46. The average Bonchev–Trinajstić information content (AvgIpc) is 2.59. The summed E-state index contributed by atoms with van der Waals surface area (Å²) in [5.41, 5.74) is 3.99. The Kier molecular flexibility index (Phi) is 2.00. The van der Waals surface area contributed by atoms with E-state index in [9.17, 15) is 0 Å². The zero-order chi connectivity index (χ0) is 10.4. The molecule has 0 nitrogen and oxygen atoms in total. The Balaban J connectivity index is 2.15. The molecular formula is C14H13Cl. The van der Waals surface area contributed by atoms with Crippen LogP contribution in [0.4, 0.5) is 0 Å². The van der Waals surface area contributed by atoms with E-state index < -0.39 is 0 Å². The minimum atomic E-state index is 0.517. The molecule has 0 N–H and O–H groups in total. The summed E-state index contributed by atoms with van der Waals surface area (Å²) in [6.07, 6.45) is 6.68. The molecular weight excluding hydrogens is 204 g/mol. The topological polar surface area (TPSA) is 0 Å². The van der Waals surface area contributed by atoms with Crippen molar-refractivity contribution in [2.24, 2.45) is 5.92 Å². The maximum Gasteiger partial charge on any atom is 0.0441 e. The van der Waals surface area contributed by atoms with Crippen molar-refractivity contribution < 1.29 is 0 Å². The lowest BCUT2D eigenvalue weighted by Crippen LogP contribution is -2.11. The van der Waals surface area contributed by atoms with Gasteiger partial charge in [-0.05, 0) is 41.5 Å². The van der Waals surface area contributed by atoms with Crippen LogP contribution in [0.1, 0.15) is 23.5 Å². The largest absolute Gasteiger partial charge is 0.0952 e. The normalized spacial score (nSPS) is 27.7. The van der Waals surface area contributed by atoms with Crippen molar-refractivity contribution >= 4 is 11.6 Å². The third kappa shape index (κ3) is 1.28. The summed E-state index contributed by atoms with van der Waals surface area (Å²) in [6, 6.07) is 6.25. The van der Waals surface area contributed by atoms with Gasteiger partial charge in [0, 0.05) is 10.9 Å². The van der Waals surface area contributed by atoms with Gasteiger partial charge in [0.1, 0.15) is 0 Å². The molecule has 15 heavy (non-hydrogen) atoms. The van der Waals surface area contributed by atoms with E-state index in [1.165, 1.54) is 16.7 Å². The van der Waals surface area contributed by atoms with E-state index in [0.717, 1.165) is 17.9 Å². The van der Waals surface area contributed by atoms with Gasteiger partial charge in [-0.2, -0.15) is 0 Å². The zero-order valence-corrected chi connectivity index (χ0v) is 9.30. The first kappa shape index (κ1) is 9.23. The highest BCUT2D eigenvalue weighted by Crippen LogP contribution is 2.48. The van der Waals surface area contributed by atoms with Gasteiger partial charge >= 0.3 is 0 Å². The molecule has 2 unspecified atom stereocenters. The van der Waals surface area contributed by atoms with Crippen LogP contribution in [0.25, 0.3) is 0 Å². The summed E-state index contributed by atoms with van der Waals surface area (Å²) in [5.74, 6) is 1.21. The van der Waals surface area contributed by atoms with E-state index in [0.29, 0.717) is 11.8 Å². The molecule has 2 aliphatic rings. The van der Waals surface area contributed by atoms with Crippen molar-refractivity contribution in [3.05, 3.63) is 58.7 Å². The SMILES string of the molecule is C=C1C=CCC2Cc3c(Cl)cccc3C12. The van der Waals surface area contributed by atoms with Crippen LogP contribution >= 0.6 is 11.6 Å². The highest BCUT2D eigenvalue weighted by Gasteiger charge is 2.35. The molecule has 0 radical (unpaired) electrons. The lowest BCUT2D eigenvalue weighted by atomic mass is 9.81. The lowest BCUT2D eigenvalue weighted by molar-refractivity contribution is 0.499. The Morgan fingerprint density at radius 2 is 2.20 bits per heavy atom. The third-order valence-electron chi connectivity index (χ3n) is 3.60. The zero-order valence-electron chi connectivity index (χ0n) is 8.54. The highest BCUT2D eigenvalue weighted by atomic mass is 35.5. The Bertz CT molecular complexity index is 456. The molecule has 0 amide bonds. The fraction of sp³-hybridized carbons (Fsp3) is 0.286. The number of halogens is 1. The number of benzene rings is 1.